The summed E-state index contributed by atoms with van der Waals surface area (Å²) < 4.78 is 0. The molecule has 0 saturated carbocycles. The minimum Gasteiger partial charge on any atom is -0.357 e. The molecule has 1 saturated heterocycles. The monoisotopic (exact) mass is 162 g/mol. The average molecular weight is 162 g/mol. The van der Waals surface area contributed by atoms with E-state index in [2.05, 4.69) is 17.3 Å². The molecular formula is C8H15LiN2O. The van der Waals surface area contributed by atoms with Gasteiger partial charge in [0, 0.05) is 13.1 Å². The van der Waals surface area contributed by atoms with Crippen molar-refractivity contribution in [2.75, 3.05) is 26.7 Å². The molecule has 0 bridgehead atoms. The SMILES string of the molecule is C[C-]1CC(=O)NCCN(C)C1.[Li+]. The van der Waals surface area contributed by atoms with E-state index in [4.69, 9.17) is 0 Å². The Morgan fingerprint density at radius 2 is 2.25 bits per heavy atom. The molecular weight excluding hydrogens is 147 g/mol. The normalized spacial score (nSPS) is 22.0. The Morgan fingerprint density at radius 1 is 1.58 bits per heavy atom. The summed E-state index contributed by atoms with van der Waals surface area (Å²) in [7, 11) is 2.07. The number of amides is 1. The Kier molecular flexibility index (Phi) is 5.65. The maximum absolute atomic E-state index is 11.0. The third kappa shape index (κ3) is 4.15. The van der Waals surface area contributed by atoms with Crippen molar-refractivity contribution in [3.63, 3.8) is 0 Å². The van der Waals surface area contributed by atoms with Crippen molar-refractivity contribution in [1.29, 1.82) is 0 Å². The largest absolute Gasteiger partial charge is 1.00 e. The molecule has 0 radical (unpaired) electrons. The van der Waals surface area contributed by atoms with Gasteiger partial charge in [0.25, 0.3) is 0 Å². The molecule has 0 unspecified atom stereocenters. The van der Waals surface area contributed by atoms with Crippen molar-refractivity contribution in [2.24, 2.45) is 0 Å². The first-order valence-corrected chi connectivity index (χ1v) is 3.95. The Bertz CT molecular complexity index is 152. The molecule has 1 heterocycles. The van der Waals surface area contributed by atoms with Crippen LogP contribution in [0.3, 0.4) is 0 Å². The number of carbonyl (C=O) groups is 1. The number of rotatable bonds is 0. The van der Waals surface area contributed by atoms with E-state index in [1.54, 1.807) is 0 Å². The summed E-state index contributed by atoms with van der Waals surface area (Å²) in [5.74, 6) is 1.40. The van der Waals surface area contributed by atoms with E-state index in [0.717, 1.165) is 19.6 Å². The number of hydrogen-bond donors (Lipinski definition) is 1. The molecule has 1 N–H and O–H groups in total. The zero-order valence-electron chi connectivity index (χ0n) is 8.18. The molecule has 64 valence electrons. The number of carbonyl (C=O) groups excluding carboxylic acids is 1. The van der Waals surface area contributed by atoms with Crippen LogP contribution < -0.4 is 24.2 Å². The van der Waals surface area contributed by atoms with Gasteiger partial charge in [0.15, 0.2) is 5.91 Å². The van der Waals surface area contributed by atoms with E-state index in [-0.39, 0.29) is 24.8 Å². The Hall–Kier alpha value is 0.0274. The summed E-state index contributed by atoms with van der Waals surface area (Å²) in [5.41, 5.74) is 0. The number of nitrogens with one attached hydrogen (secondary N) is 1. The Morgan fingerprint density at radius 3 is 2.92 bits per heavy atom. The number of hydrogen-bond acceptors (Lipinski definition) is 2. The van der Waals surface area contributed by atoms with Crippen LogP contribution in [0.5, 0.6) is 0 Å². The molecule has 4 heteroatoms. The minimum atomic E-state index is 0. The van der Waals surface area contributed by atoms with Gasteiger partial charge in [-0.25, -0.2) is 0 Å². The summed E-state index contributed by atoms with van der Waals surface area (Å²) in [5, 5.41) is 2.84. The molecule has 1 rings (SSSR count). The van der Waals surface area contributed by atoms with Crippen LogP contribution in [0.4, 0.5) is 0 Å². The number of nitrogens with zero attached hydrogens (tertiary/aromatic N) is 1. The molecule has 0 aromatic heterocycles. The van der Waals surface area contributed by atoms with Gasteiger partial charge in [-0.2, -0.15) is 6.92 Å². The second kappa shape index (κ2) is 5.64. The van der Waals surface area contributed by atoms with Crippen LogP contribution in [0.15, 0.2) is 0 Å². The van der Waals surface area contributed by atoms with Crippen molar-refractivity contribution in [1.82, 2.24) is 10.2 Å². The van der Waals surface area contributed by atoms with Gasteiger partial charge < -0.3 is 10.2 Å². The van der Waals surface area contributed by atoms with Gasteiger partial charge in [-0.1, -0.05) is 6.42 Å². The van der Waals surface area contributed by atoms with Crippen LogP contribution >= 0.6 is 0 Å². The van der Waals surface area contributed by atoms with Gasteiger partial charge in [0.2, 0.25) is 0 Å². The third-order valence-electron chi connectivity index (χ3n) is 1.82. The molecule has 0 spiro atoms. The smallest absolute Gasteiger partial charge is 0.357 e. The van der Waals surface area contributed by atoms with Gasteiger partial charge in [0.05, 0.1) is 0 Å². The van der Waals surface area contributed by atoms with Gasteiger partial charge in [-0.15, -0.1) is 6.54 Å². The van der Waals surface area contributed by atoms with Crippen LogP contribution in [0.2, 0.25) is 0 Å². The standard InChI is InChI=1S/C8H15N2O.Li/c1-7-5-8(11)9-3-4-10(2)6-7;/h3-6H2,1-2H3,(H,9,11);/q-1;+1. The summed E-state index contributed by atoms with van der Waals surface area (Å²) in [6.07, 6.45) is 0.588. The molecule has 12 heavy (non-hydrogen) atoms. The van der Waals surface area contributed by atoms with E-state index < -0.39 is 0 Å². The molecule has 1 fully saturated rings. The summed E-state index contributed by atoms with van der Waals surface area (Å²) in [6.45, 7) is 4.71. The molecule has 0 aromatic carbocycles. The second-order valence-electron chi connectivity index (χ2n) is 3.22. The van der Waals surface area contributed by atoms with Gasteiger partial charge in [-0.3, -0.25) is 10.7 Å². The quantitative estimate of drug-likeness (QED) is 0.305. The van der Waals surface area contributed by atoms with Gasteiger partial charge in [0.1, 0.15) is 0 Å². The maximum Gasteiger partial charge on any atom is 1.00 e. The van der Waals surface area contributed by atoms with Crippen molar-refractivity contribution < 1.29 is 23.7 Å². The van der Waals surface area contributed by atoms with E-state index in [9.17, 15) is 4.79 Å². The van der Waals surface area contributed by atoms with Crippen molar-refractivity contribution in [3.05, 3.63) is 5.92 Å². The fraction of sp³-hybridized carbons (Fsp3) is 0.750. The van der Waals surface area contributed by atoms with Gasteiger partial charge in [-0.05, 0) is 7.05 Å². The van der Waals surface area contributed by atoms with Crippen molar-refractivity contribution in [3.8, 4) is 0 Å². The molecule has 1 aliphatic heterocycles. The summed E-state index contributed by atoms with van der Waals surface area (Å²) in [6, 6.07) is 0. The molecule has 0 atom stereocenters. The third-order valence-corrected chi connectivity index (χ3v) is 1.82. The molecule has 1 amide bonds. The molecule has 1 aliphatic rings. The molecule has 0 aliphatic carbocycles. The van der Waals surface area contributed by atoms with Crippen LogP contribution in [0, 0.1) is 5.92 Å². The van der Waals surface area contributed by atoms with Crippen LogP contribution in [0.1, 0.15) is 13.3 Å². The van der Waals surface area contributed by atoms with Crippen LogP contribution in [0.25, 0.3) is 0 Å². The predicted molar refractivity (Wildman–Crippen MR) is 44.0 cm³/mol. The predicted octanol–water partition coefficient (Wildman–Crippen LogP) is -2.96. The fourth-order valence-electron chi connectivity index (χ4n) is 1.32. The Balaban J connectivity index is 0.00000121. The van der Waals surface area contributed by atoms with Crippen LogP contribution in [-0.4, -0.2) is 37.5 Å². The maximum atomic E-state index is 11.0. The first kappa shape index (κ1) is 12.0. The zero-order chi connectivity index (χ0) is 8.27. The topological polar surface area (TPSA) is 32.3 Å². The summed E-state index contributed by atoms with van der Waals surface area (Å²) >= 11 is 0. The average Bonchev–Trinajstić information content (AvgIpc) is 1.83. The number of likely N-dealkylation sites (N-methyl/N-ethyl adjacent to an activating group) is 1. The van der Waals surface area contributed by atoms with Gasteiger partial charge >= 0.3 is 18.9 Å². The van der Waals surface area contributed by atoms with E-state index in [0.29, 0.717) is 6.42 Å². The fourth-order valence-corrected chi connectivity index (χ4v) is 1.32. The molecule has 0 aromatic rings. The van der Waals surface area contributed by atoms with E-state index >= 15 is 0 Å². The Labute approximate surface area is 86.1 Å². The van der Waals surface area contributed by atoms with Crippen molar-refractivity contribution >= 4 is 5.91 Å². The van der Waals surface area contributed by atoms with E-state index in [1.807, 2.05) is 6.92 Å². The first-order valence-electron chi connectivity index (χ1n) is 3.95. The van der Waals surface area contributed by atoms with Crippen molar-refractivity contribution in [2.45, 2.75) is 13.3 Å². The van der Waals surface area contributed by atoms with Crippen LogP contribution in [-0.2, 0) is 4.79 Å². The van der Waals surface area contributed by atoms with E-state index in [1.165, 1.54) is 5.92 Å². The minimum absolute atomic E-state index is 0. The second-order valence-corrected chi connectivity index (χ2v) is 3.22. The zero-order valence-corrected chi connectivity index (χ0v) is 8.18. The summed E-state index contributed by atoms with van der Waals surface area (Å²) in [4.78, 5) is 13.2. The molecule has 3 nitrogen and oxygen atoms in total. The first-order chi connectivity index (χ1) is 5.18.